The van der Waals surface area contributed by atoms with E-state index in [1.807, 2.05) is 48.5 Å². The minimum absolute atomic E-state index is 0.512. The van der Waals surface area contributed by atoms with Gasteiger partial charge in [-0.25, -0.2) is 0 Å². The molecule has 2 aromatic rings. The molecule has 2 nitrogen and oxygen atoms in total. The molecule has 0 heterocycles. The maximum absolute atomic E-state index is 6.06. The van der Waals surface area contributed by atoms with E-state index in [1.54, 1.807) is 0 Å². The molecule has 2 rings (SSSR count). The Kier molecular flexibility index (Phi) is 4.76. The van der Waals surface area contributed by atoms with Gasteiger partial charge >= 0.3 is 0 Å². The van der Waals surface area contributed by atoms with E-state index in [-0.39, 0.29) is 0 Å². The van der Waals surface area contributed by atoms with Crippen LogP contribution in [0.2, 0.25) is 5.02 Å². The van der Waals surface area contributed by atoms with Crippen LogP contribution in [-0.2, 0) is 24.5 Å². The summed E-state index contributed by atoms with van der Waals surface area (Å²) in [6.07, 6.45) is 0. The zero-order valence-electron chi connectivity index (χ0n) is 10.1. The van der Waals surface area contributed by atoms with Crippen molar-refractivity contribution in [2.24, 2.45) is 5.73 Å². The van der Waals surface area contributed by atoms with Crippen LogP contribution < -0.4 is 5.73 Å². The van der Waals surface area contributed by atoms with Crippen LogP contribution in [0.1, 0.15) is 16.7 Å². The third-order valence-electron chi connectivity index (χ3n) is 2.81. The van der Waals surface area contributed by atoms with Gasteiger partial charge in [0.1, 0.15) is 0 Å². The van der Waals surface area contributed by atoms with Crippen molar-refractivity contribution in [2.45, 2.75) is 19.8 Å². The van der Waals surface area contributed by atoms with Gasteiger partial charge in [0.05, 0.1) is 13.2 Å². The van der Waals surface area contributed by atoms with Crippen molar-refractivity contribution in [2.75, 3.05) is 0 Å². The first-order chi connectivity index (χ1) is 8.81. The fourth-order valence-corrected chi connectivity index (χ4v) is 1.97. The standard InChI is InChI=1S/C15H16ClNO/c16-15-8-4-3-7-14(15)11-18-10-13-6-2-1-5-12(13)9-17/h1-8H,9-11,17H2. The van der Waals surface area contributed by atoms with Gasteiger partial charge in [0.25, 0.3) is 0 Å². The van der Waals surface area contributed by atoms with E-state index in [0.717, 1.165) is 21.7 Å². The van der Waals surface area contributed by atoms with Gasteiger partial charge in [0.15, 0.2) is 0 Å². The summed E-state index contributed by atoms with van der Waals surface area (Å²) in [6.45, 7) is 1.60. The van der Waals surface area contributed by atoms with Crippen molar-refractivity contribution in [1.29, 1.82) is 0 Å². The molecule has 0 spiro atoms. The SMILES string of the molecule is NCc1ccccc1COCc1ccccc1Cl. The van der Waals surface area contributed by atoms with Crippen molar-refractivity contribution < 1.29 is 4.74 Å². The second kappa shape index (κ2) is 6.55. The molecule has 0 amide bonds. The van der Waals surface area contributed by atoms with E-state index in [4.69, 9.17) is 22.1 Å². The van der Waals surface area contributed by atoms with Crippen molar-refractivity contribution in [3.8, 4) is 0 Å². The molecule has 0 unspecified atom stereocenters. The maximum atomic E-state index is 6.06. The largest absolute Gasteiger partial charge is 0.372 e. The van der Waals surface area contributed by atoms with Gasteiger partial charge < -0.3 is 10.5 Å². The Morgan fingerprint density at radius 1 is 0.833 bits per heavy atom. The summed E-state index contributed by atoms with van der Waals surface area (Å²) in [6, 6.07) is 15.7. The van der Waals surface area contributed by atoms with E-state index in [1.165, 1.54) is 0 Å². The van der Waals surface area contributed by atoms with E-state index in [9.17, 15) is 0 Å². The fraction of sp³-hybridized carbons (Fsp3) is 0.200. The minimum Gasteiger partial charge on any atom is -0.372 e. The number of rotatable bonds is 5. The molecule has 18 heavy (non-hydrogen) atoms. The van der Waals surface area contributed by atoms with Crippen LogP contribution in [0.25, 0.3) is 0 Å². The Labute approximate surface area is 112 Å². The van der Waals surface area contributed by atoms with E-state index in [0.29, 0.717) is 19.8 Å². The van der Waals surface area contributed by atoms with Gasteiger partial charge in [-0.1, -0.05) is 54.1 Å². The number of benzene rings is 2. The highest BCUT2D eigenvalue weighted by molar-refractivity contribution is 6.31. The van der Waals surface area contributed by atoms with Crippen LogP contribution >= 0.6 is 11.6 Å². The predicted molar refractivity (Wildman–Crippen MR) is 74.3 cm³/mol. The average molecular weight is 262 g/mol. The third kappa shape index (κ3) is 3.33. The number of halogens is 1. The molecular weight excluding hydrogens is 246 g/mol. The Morgan fingerprint density at radius 3 is 2.06 bits per heavy atom. The summed E-state index contributed by atoms with van der Waals surface area (Å²) in [5, 5.41) is 0.740. The number of hydrogen-bond donors (Lipinski definition) is 1. The molecule has 0 bridgehead atoms. The molecule has 3 heteroatoms. The molecule has 94 valence electrons. The second-order valence-electron chi connectivity index (χ2n) is 4.06. The lowest BCUT2D eigenvalue weighted by Crippen LogP contribution is -2.03. The summed E-state index contributed by atoms with van der Waals surface area (Å²) in [5.74, 6) is 0. The third-order valence-corrected chi connectivity index (χ3v) is 3.18. The first kappa shape index (κ1) is 13.1. The highest BCUT2D eigenvalue weighted by atomic mass is 35.5. The Hall–Kier alpha value is -1.35. The molecule has 0 fully saturated rings. The molecule has 0 aliphatic rings. The van der Waals surface area contributed by atoms with Crippen LogP contribution in [-0.4, -0.2) is 0 Å². The maximum Gasteiger partial charge on any atom is 0.0735 e. The summed E-state index contributed by atoms with van der Waals surface area (Å²) in [7, 11) is 0. The first-order valence-electron chi connectivity index (χ1n) is 5.89. The van der Waals surface area contributed by atoms with Gasteiger partial charge in [-0.15, -0.1) is 0 Å². The van der Waals surface area contributed by atoms with Crippen molar-refractivity contribution >= 4 is 11.6 Å². The van der Waals surface area contributed by atoms with Crippen molar-refractivity contribution in [1.82, 2.24) is 0 Å². The molecule has 2 N–H and O–H groups in total. The number of ether oxygens (including phenoxy) is 1. The molecule has 2 aromatic carbocycles. The molecular formula is C15H16ClNO. The summed E-state index contributed by atoms with van der Waals surface area (Å²) in [4.78, 5) is 0. The van der Waals surface area contributed by atoms with Crippen molar-refractivity contribution in [3.05, 3.63) is 70.2 Å². The lowest BCUT2D eigenvalue weighted by Gasteiger charge is -2.09. The molecule has 0 aliphatic heterocycles. The summed E-state index contributed by atoms with van der Waals surface area (Å²) >= 11 is 6.06. The van der Waals surface area contributed by atoms with Crippen LogP contribution in [0.15, 0.2) is 48.5 Å². The molecule has 0 atom stereocenters. The zero-order valence-corrected chi connectivity index (χ0v) is 10.9. The average Bonchev–Trinajstić information content (AvgIpc) is 2.41. The van der Waals surface area contributed by atoms with E-state index < -0.39 is 0 Å². The quantitative estimate of drug-likeness (QED) is 0.894. The highest BCUT2D eigenvalue weighted by Gasteiger charge is 2.02. The smallest absolute Gasteiger partial charge is 0.0735 e. The monoisotopic (exact) mass is 261 g/mol. The Balaban J connectivity index is 1.95. The zero-order chi connectivity index (χ0) is 12.8. The summed E-state index contributed by atoms with van der Waals surface area (Å²) in [5.41, 5.74) is 8.94. The van der Waals surface area contributed by atoms with Gasteiger partial charge in [-0.05, 0) is 22.8 Å². The fourth-order valence-electron chi connectivity index (χ4n) is 1.78. The van der Waals surface area contributed by atoms with Crippen LogP contribution in [0.4, 0.5) is 0 Å². The Morgan fingerprint density at radius 2 is 1.39 bits per heavy atom. The van der Waals surface area contributed by atoms with Crippen LogP contribution in [0.3, 0.4) is 0 Å². The van der Waals surface area contributed by atoms with Gasteiger partial charge in [-0.3, -0.25) is 0 Å². The molecule has 0 radical (unpaired) electrons. The van der Waals surface area contributed by atoms with Gasteiger partial charge in [0, 0.05) is 11.6 Å². The predicted octanol–water partition coefficient (Wildman–Crippen LogP) is 3.52. The van der Waals surface area contributed by atoms with E-state index in [2.05, 4.69) is 0 Å². The highest BCUT2D eigenvalue weighted by Crippen LogP contribution is 2.17. The molecule has 0 saturated heterocycles. The normalized spacial score (nSPS) is 10.6. The van der Waals surface area contributed by atoms with E-state index >= 15 is 0 Å². The number of nitrogens with two attached hydrogens (primary N) is 1. The van der Waals surface area contributed by atoms with Crippen molar-refractivity contribution in [3.63, 3.8) is 0 Å². The molecule has 0 aliphatic carbocycles. The minimum atomic E-state index is 0.512. The Bertz CT molecular complexity index is 513. The van der Waals surface area contributed by atoms with Crippen LogP contribution in [0, 0.1) is 0 Å². The van der Waals surface area contributed by atoms with Gasteiger partial charge in [-0.2, -0.15) is 0 Å². The summed E-state index contributed by atoms with van der Waals surface area (Å²) < 4.78 is 5.69. The molecule has 0 aromatic heterocycles. The lowest BCUT2D eigenvalue weighted by molar-refractivity contribution is 0.106. The first-order valence-corrected chi connectivity index (χ1v) is 6.27. The molecule has 0 saturated carbocycles. The topological polar surface area (TPSA) is 35.2 Å². The van der Waals surface area contributed by atoms with Crippen LogP contribution in [0.5, 0.6) is 0 Å². The lowest BCUT2D eigenvalue weighted by atomic mass is 10.1. The second-order valence-corrected chi connectivity index (χ2v) is 4.46. The van der Waals surface area contributed by atoms with Gasteiger partial charge in [0.2, 0.25) is 0 Å². The number of hydrogen-bond acceptors (Lipinski definition) is 2.